The van der Waals surface area contributed by atoms with Crippen LogP contribution < -0.4 is 0 Å². The average Bonchev–Trinajstić information content (AvgIpc) is 3.29. The van der Waals surface area contributed by atoms with E-state index in [1.165, 1.54) is 22.2 Å². The second-order valence-corrected chi connectivity index (χ2v) is 12.0. The predicted molar refractivity (Wildman–Crippen MR) is 148 cm³/mol. The quantitative estimate of drug-likeness (QED) is 0.380. The third-order valence-corrected chi connectivity index (χ3v) is 8.77. The molecule has 0 spiro atoms. The first-order valence-corrected chi connectivity index (χ1v) is 14.0. The van der Waals surface area contributed by atoms with Crippen molar-refractivity contribution in [2.75, 3.05) is 26.2 Å². The Morgan fingerprint density at radius 3 is 2.39 bits per heavy atom. The number of likely N-dealkylation sites (tertiary alicyclic amines) is 2. The van der Waals surface area contributed by atoms with Crippen molar-refractivity contribution in [2.24, 2.45) is 0 Å². The lowest BCUT2D eigenvalue weighted by atomic mass is 9.92. The fourth-order valence-electron chi connectivity index (χ4n) is 5.70. The number of nitrogens with one attached hydrogen (secondary N) is 1. The van der Waals surface area contributed by atoms with Gasteiger partial charge in [-0.1, -0.05) is 37.6 Å². The molecule has 2 aliphatic heterocycles. The minimum atomic E-state index is -0.311. The molecule has 1 N–H and O–H groups in total. The predicted octanol–water partition coefficient (Wildman–Crippen LogP) is 6.98. The highest BCUT2D eigenvalue weighted by Gasteiger charge is 2.30. The molecule has 5 rings (SSSR count). The standard InChI is InChI=1S/C30H36FN3OS/c1-20(2)36-25-9-7-22(8-10-25)21(3)23-11-15-33(16-12-23)24-13-17-34(18-14-24)30(35)27-6-4-5-26-28(31)19-32-29(26)27/h4-10,19-20,24,32H,11-18H2,1-3H3. The lowest BCUT2D eigenvalue weighted by Crippen LogP contribution is -2.48. The molecular formula is C30H36FN3OS. The number of halogens is 1. The summed E-state index contributed by atoms with van der Waals surface area (Å²) in [7, 11) is 0. The number of fused-ring (bicyclic) bond motifs is 1. The Bertz CT molecular complexity index is 1240. The number of para-hydroxylation sites is 1. The monoisotopic (exact) mass is 505 g/mol. The zero-order chi connectivity index (χ0) is 25.2. The van der Waals surface area contributed by atoms with E-state index in [4.69, 9.17) is 0 Å². The largest absolute Gasteiger partial charge is 0.358 e. The average molecular weight is 506 g/mol. The van der Waals surface area contributed by atoms with Crippen molar-refractivity contribution < 1.29 is 9.18 Å². The molecule has 0 radical (unpaired) electrons. The van der Waals surface area contributed by atoms with Crippen LogP contribution in [0.4, 0.5) is 4.39 Å². The maximum absolute atomic E-state index is 14.0. The van der Waals surface area contributed by atoms with E-state index in [1.54, 1.807) is 23.8 Å². The summed E-state index contributed by atoms with van der Waals surface area (Å²) in [6.45, 7) is 10.4. The van der Waals surface area contributed by atoms with Gasteiger partial charge in [0.15, 0.2) is 0 Å². The van der Waals surface area contributed by atoms with Crippen molar-refractivity contribution in [1.29, 1.82) is 0 Å². The first kappa shape index (κ1) is 25.1. The lowest BCUT2D eigenvalue weighted by molar-refractivity contribution is 0.0610. The van der Waals surface area contributed by atoms with Crippen molar-refractivity contribution in [2.45, 2.75) is 62.6 Å². The summed E-state index contributed by atoms with van der Waals surface area (Å²) in [5.41, 5.74) is 5.52. The van der Waals surface area contributed by atoms with Gasteiger partial charge in [-0.05, 0) is 68.0 Å². The molecule has 6 heteroatoms. The van der Waals surface area contributed by atoms with Crippen LogP contribution in [0.3, 0.4) is 0 Å². The molecule has 0 unspecified atom stereocenters. The summed E-state index contributed by atoms with van der Waals surface area (Å²) in [5.74, 6) is -0.313. The van der Waals surface area contributed by atoms with Gasteiger partial charge in [0.2, 0.25) is 0 Å². The summed E-state index contributed by atoms with van der Waals surface area (Å²) >= 11 is 1.91. The normalized spacial score (nSPS) is 17.8. The van der Waals surface area contributed by atoms with Crippen molar-refractivity contribution in [1.82, 2.24) is 14.8 Å². The maximum Gasteiger partial charge on any atom is 0.255 e. The minimum absolute atomic E-state index is 0.00167. The minimum Gasteiger partial charge on any atom is -0.358 e. The molecule has 1 amide bonds. The molecule has 2 saturated heterocycles. The highest BCUT2D eigenvalue weighted by Crippen LogP contribution is 2.31. The van der Waals surface area contributed by atoms with Crippen molar-refractivity contribution in [3.8, 4) is 0 Å². The fraction of sp³-hybridized carbons (Fsp3) is 0.433. The topological polar surface area (TPSA) is 39.3 Å². The Morgan fingerprint density at radius 1 is 1.03 bits per heavy atom. The van der Waals surface area contributed by atoms with Gasteiger partial charge in [-0.25, -0.2) is 4.39 Å². The lowest BCUT2D eigenvalue weighted by Gasteiger charge is -2.41. The van der Waals surface area contributed by atoms with Gasteiger partial charge in [0.1, 0.15) is 5.82 Å². The summed E-state index contributed by atoms with van der Waals surface area (Å²) < 4.78 is 14.0. The number of hydrogen-bond donors (Lipinski definition) is 1. The van der Waals surface area contributed by atoms with Crippen LogP contribution in [0.5, 0.6) is 0 Å². The number of aromatic nitrogens is 1. The van der Waals surface area contributed by atoms with Gasteiger partial charge in [0.05, 0.1) is 11.1 Å². The van der Waals surface area contributed by atoms with Crippen LogP contribution in [0, 0.1) is 5.82 Å². The van der Waals surface area contributed by atoms with Crippen LogP contribution in [0.15, 0.2) is 59.1 Å². The molecule has 1 aromatic heterocycles. The van der Waals surface area contributed by atoms with E-state index < -0.39 is 0 Å². The molecular weight excluding hydrogens is 469 g/mol. The molecule has 2 fully saturated rings. The SMILES string of the molecule is CC(=C1CCN(C2CCN(C(=O)c3cccc4c(F)c[nH]c34)CC2)CC1)c1ccc(SC(C)C)cc1. The summed E-state index contributed by atoms with van der Waals surface area (Å²) in [6.07, 6.45) is 5.55. The number of rotatable bonds is 5. The van der Waals surface area contributed by atoms with Gasteiger partial charge in [-0.2, -0.15) is 0 Å². The molecule has 2 aromatic carbocycles. The zero-order valence-electron chi connectivity index (χ0n) is 21.5. The number of hydrogen-bond acceptors (Lipinski definition) is 3. The van der Waals surface area contributed by atoms with Crippen LogP contribution in [0.25, 0.3) is 16.5 Å². The molecule has 3 aromatic rings. The van der Waals surface area contributed by atoms with Crippen molar-refractivity contribution >= 4 is 34.1 Å². The number of piperidine rings is 2. The number of thioether (sulfide) groups is 1. The van der Waals surface area contributed by atoms with Crippen molar-refractivity contribution in [3.63, 3.8) is 0 Å². The molecule has 0 saturated carbocycles. The molecule has 0 bridgehead atoms. The van der Waals surface area contributed by atoms with Crippen LogP contribution in [0.2, 0.25) is 0 Å². The van der Waals surface area contributed by atoms with E-state index in [-0.39, 0.29) is 11.7 Å². The molecule has 0 atom stereocenters. The fourth-order valence-corrected chi connectivity index (χ4v) is 6.53. The Hall–Kier alpha value is -2.57. The number of aromatic amines is 1. The number of H-pyrrole nitrogens is 1. The van der Waals surface area contributed by atoms with Gasteiger partial charge in [0.25, 0.3) is 5.91 Å². The first-order chi connectivity index (χ1) is 17.4. The number of carbonyl (C=O) groups excluding carboxylic acids is 1. The highest BCUT2D eigenvalue weighted by atomic mass is 32.2. The summed E-state index contributed by atoms with van der Waals surface area (Å²) in [4.78, 5) is 22.0. The number of nitrogens with zero attached hydrogens (tertiary/aromatic N) is 2. The Kier molecular flexibility index (Phi) is 7.54. The molecule has 4 nitrogen and oxygen atoms in total. The van der Waals surface area contributed by atoms with E-state index in [0.717, 1.165) is 51.9 Å². The second-order valence-electron chi connectivity index (χ2n) is 10.3. The van der Waals surface area contributed by atoms with Gasteiger partial charge >= 0.3 is 0 Å². The van der Waals surface area contributed by atoms with E-state index >= 15 is 0 Å². The molecule has 0 aliphatic carbocycles. The van der Waals surface area contributed by atoms with Crippen LogP contribution in [0.1, 0.15) is 62.4 Å². The number of amides is 1. The maximum atomic E-state index is 14.0. The third kappa shape index (κ3) is 5.25. The number of allylic oxidation sites excluding steroid dienone is 1. The van der Waals surface area contributed by atoms with Gasteiger partial charge in [0, 0.05) is 53.9 Å². The van der Waals surface area contributed by atoms with Crippen LogP contribution in [-0.2, 0) is 0 Å². The Morgan fingerprint density at radius 2 is 1.72 bits per heavy atom. The van der Waals surface area contributed by atoms with Crippen LogP contribution in [-0.4, -0.2) is 58.2 Å². The zero-order valence-corrected chi connectivity index (χ0v) is 22.3. The number of carbonyl (C=O) groups is 1. The van der Waals surface area contributed by atoms with Gasteiger partial charge in [-0.15, -0.1) is 11.8 Å². The summed E-state index contributed by atoms with van der Waals surface area (Å²) in [5, 5.41) is 1.08. The van der Waals surface area contributed by atoms with Gasteiger partial charge in [-0.3, -0.25) is 9.69 Å². The molecule has 3 heterocycles. The van der Waals surface area contributed by atoms with E-state index in [2.05, 4.69) is 54.9 Å². The first-order valence-electron chi connectivity index (χ1n) is 13.2. The van der Waals surface area contributed by atoms with Crippen LogP contribution >= 0.6 is 11.8 Å². The molecule has 36 heavy (non-hydrogen) atoms. The molecule has 190 valence electrons. The second kappa shape index (κ2) is 10.8. The third-order valence-electron chi connectivity index (χ3n) is 7.75. The van der Waals surface area contributed by atoms with E-state index in [9.17, 15) is 9.18 Å². The van der Waals surface area contributed by atoms with Crippen molar-refractivity contribution in [3.05, 3.63) is 71.2 Å². The number of benzene rings is 2. The summed E-state index contributed by atoms with van der Waals surface area (Å²) in [6, 6.07) is 14.8. The van der Waals surface area contributed by atoms with E-state index in [1.807, 2.05) is 16.7 Å². The van der Waals surface area contributed by atoms with Gasteiger partial charge < -0.3 is 9.88 Å². The smallest absolute Gasteiger partial charge is 0.255 e. The highest BCUT2D eigenvalue weighted by molar-refractivity contribution is 7.99. The molecule has 2 aliphatic rings. The Balaban J connectivity index is 1.16. The van der Waals surface area contributed by atoms with E-state index in [0.29, 0.717) is 27.8 Å². The Labute approximate surface area is 217 Å².